The second-order valence-electron chi connectivity index (χ2n) is 4.45. The zero-order chi connectivity index (χ0) is 11.5. The molecule has 0 fully saturated rings. The lowest BCUT2D eigenvalue weighted by atomic mass is 9.94. The third kappa shape index (κ3) is 2.32. The van der Waals surface area contributed by atoms with Gasteiger partial charge in [0.15, 0.2) is 0 Å². The SMILES string of the molecule is CC(C)C1C=C(CCBr)c2ccccc2O1. The van der Waals surface area contributed by atoms with E-state index >= 15 is 0 Å². The van der Waals surface area contributed by atoms with Gasteiger partial charge in [-0.3, -0.25) is 0 Å². The average molecular weight is 281 g/mol. The lowest BCUT2D eigenvalue weighted by Crippen LogP contribution is -2.24. The van der Waals surface area contributed by atoms with Gasteiger partial charge in [-0.1, -0.05) is 48.0 Å². The zero-order valence-corrected chi connectivity index (χ0v) is 11.3. The second kappa shape index (κ2) is 5.05. The monoisotopic (exact) mass is 280 g/mol. The predicted molar refractivity (Wildman–Crippen MR) is 72.1 cm³/mol. The van der Waals surface area contributed by atoms with Crippen LogP contribution in [-0.2, 0) is 0 Å². The molecule has 0 aromatic heterocycles. The van der Waals surface area contributed by atoms with Crippen LogP contribution < -0.4 is 4.74 Å². The first-order valence-electron chi connectivity index (χ1n) is 5.75. The minimum atomic E-state index is 0.212. The minimum absolute atomic E-state index is 0.212. The molecule has 1 heterocycles. The number of para-hydroxylation sites is 1. The summed E-state index contributed by atoms with van der Waals surface area (Å²) in [4.78, 5) is 0. The Morgan fingerprint density at radius 3 is 2.75 bits per heavy atom. The van der Waals surface area contributed by atoms with Crippen molar-refractivity contribution < 1.29 is 4.74 Å². The Labute approximate surface area is 106 Å². The van der Waals surface area contributed by atoms with E-state index < -0.39 is 0 Å². The number of hydrogen-bond donors (Lipinski definition) is 0. The Hall–Kier alpha value is -0.760. The zero-order valence-electron chi connectivity index (χ0n) is 9.74. The first-order chi connectivity index (χ1) is 7.72. The highest BCUT2D eigenvalue weighted by Crippen LogP contribution is 2.35. The van der Waals surface area contributed by atoms with Crippen molar-refractivity contribution in [3.05, 3.63) is 35.9 Å². The van der Waals surface area contributed by atoms with Gasteiger partial charge in [0.25, 0.3) is 0 Å². The highest BCUT2D eigenvalue weighted by atomic mass is 79.9. The molecule has 2 heteroatoms. The third-order valence-corrected chi connectivity index (χ3v) is 3.28. The van der Waals surface area contributed by atoms with Crippen LogP contribution in [0.3, 0.4) is 0 Å². The summed E-state index contributed by atoms with van der Waals surface area (Å²) in [6.07, 6.45) is 3.54. The molecule has 1 aliphatic heterocycles. The van der Waals surface area contributed by atoms with Crippen molar-refractivity contribution in [3.63, 3.8) is 0 Å². The van der Waals surface area contributed by atoms with Gasteiger partial charge in [0.05, 0.1) is 0 Å². The Balaban J connectivity index is 2.37. The third-order valence-electron chi connectivity index (χ3n) is 2.88. The van der Waals surface area contributed by atoms with Crippen LogP contribution in [-0.4, -0.2) is 11.4 Å². The fourth-order valence-corrected chi connectivity index (χ4v) is 2.38. The Kier molecular flexibility index (Phi) is 3.70. The predicted octanol–water partition coefficient (Wildman–Crippen LogP) is 4.27. The normalized spacial score (nSPS) is 19.0. The number of benzene rings is 1. The van der Waals surface area contributed by atoms with Gasteiger partial charge >= 0.3 is 0 Å². The second-order valence-corrected chi connectivity index (χ2v) is 5.25. The van der Waals surface area contributed by atoms with Gasteiger partial charge < -0.3 is 4.74 Å². The van der Waals surface area contributed by atoms with Gasteiger partial charge in [0.1, 0.15) is 11.9 Å². The smallest absolute Gasteiger partial charge is 0.127 e. The summed E-state index contributed by atoms with van der Waals surface area (Å²) in [7, 11) is 0. The van der Waals surface area contributed by atoms with Crippen molar-refractivity contribution in [1.29, 1.82) is 0 Å². The fraction of sp³-hybridized carbons (Fsp3) is 0.429. The maximum absolute atomic E-state index is 5.98. The standard InChI is InChI=1S/C14H17BrO/c1-10(2)14-9-11(7-8-15)12-5-3-4-6-13(12)16-14/h3-6,9-10,14H,7-8H2,1-2H3. The van der Waals surface area contributed by atoms with Crippen molar-refractivity contribution in [3.8, 4) is 5.75 Å². The summed E-state index contributed by atoms with van der Waals surface area (Å²) in [5.41, 5.74) is 2.65. The summed E-state index contributed by atoms with van der Waals surface area (Å²) < 4.78 is 5.98. The van der Waals surface area contributed by atoms with Crippen LogP contribution >= 0.6 is 15.9 Å². The number of fused-ring (bicyclic) bond motifs is 1. The average Bonchev–Trinajstić information content (AvgIpc) is 2.29. The maximum atomic E-state index is 5.98. The highest BCUT2D eigenvalue weighted by Gasteiger charge is 2.21. The summed E-state index contributed by atoms with van der Waals surface area (Å²) in [5, 5.41) is 0.998. The molecule has 0 bridgehead atoms. The number of hydrogen-bond acceptors (Lipinski definition) is 1. The molecule has 1 aromatic carbocycles. The first-order valence-corrected chi connectivity index (χ1v) is 6.87. The lowest BCUT2D eigenvalue weighted by molar-refractivity contribution is 0.193. The minimum Gasteiger partial charge on any atom is -0.485 e. The van der Waals surface area contributed by atoms with Gasteiger partial charge in [-0.05, 0) is 30.1 Å². The van der Waals surface area contributed by atoms with E-state index in [0.717, 1.165) is 17.5 Å². The molecule has 16 heavy (non-hydrogen) atoms. The fourth-order valence-electron chi connectivity index (χ4n) is 1.95. The first kappa shape index (κ1) is 11.7. The van der Waals surface area contributed by atoms with E-state index in [0.29, 0.717) is 5.92 Å². The number of rotatable bonds is 3. The largest absolute Gasteiger partial charge is 0.485 e. The molecule has 0 saturated carbocycles. The van der Waals surface area contributed by atoms with Crippen LogP contribution in [0.15, 0.2) is 30.3 Å². The van der Waals surface area contributed by atoms with Gasteiger partial charge in [0.2, 0.25) is 0 Å². The Morgan fingerprint density at radius 2 is 2.06 bits per heavy atom. The van der Waals surface area contributed by atoms with E-state index in [1.165, 1.54) is 11.1 Å². The number of halogens is 1. The summed E-state index contributed by atoms with van der Waals surface area (Å²) >= 11 is 3.51. The van der Waals surface area contributed by atoms with E-state index in [9.17, 15) is 0 Å². The molecule has 0 N–H and O–H groups in total. The van der Waals surface area contributed by atoms with E-state index in [-0.39, 0.29) is 6.10 Å². The van der Waals surface area contributed by atoms with Crippen LogP contribution in [0.2, 0.25) is 0 Å². The van der Waals surface area contributed by atoms with Gasteiger partial charge in [-0.15, -0.1) is 0 Å². The molecule has 1 aromatic rings. The van der Waals surface area contributed by atoms with Crippen molar-refractivity contribution in [1.82, 2.24) is 0 Å². The van der Waals surface area contributed by atoms with Crippen molar-refractivity contribution in [2.75, 3.05) is 5.33 Å². The molecular formula is C14H17BrO. The van der Waals surface area contributed by atoms with Crippen LogP contribution in [0, 0.1) is 5.92 Å². The maximum Gasteiger partial charge on any atom is 0.127 e. The summed E-state index contributed by atoms with van der Waals surface area (Å²) in [6.45, 7) is 4.39. The Bertz CT molecular complexity index is 395. The summed E-state index contributed by atoms with van der Waals surface area (Å²) in [5.74, 6) is 1.54. The number of allylic oxidation sites excluding steroid dienone is 1. The van der Waals surface area contributed by atoms with E-state index in [2.05, 4.69) is 54.1 Å². The quantitative estimate of drug-likeness (QED) is 0.752. The molecular weight excluding hydrogens is 264 g/mol. The topological polar surface area (TPSA) is 9.23 Å². The van der Waals surface area contributed by atoms with E-state index in [4.69, 9.17) is 4.74 Å². The Morgan fingerprint density at radius 1 is 1.31 bits per heavy atom. The number of alkyl halides is 1. The van der Waals surface area contributed by atoms with Gasteiger partial charge in [-0.25, -0.2) is 0 Å². The lowest BCUT2D eigenvalue weighted by Gasteiger charge is -2.27. The molecule has 1 unspecified atom stereocenters. The molecule has 0 amide bonds. The van der Waals surface area contributed by atoms with E-state index in [1.54, 1.807) is 0 Å². The molecule has 1 aliphatic rings. The number of ether oxygens (including phenoxy) is 1. The van der Waals surface area contributed by atoms with Crippen LogP contribution in [0.1, 0.15) is 25.8 Å². The van der Waals surface area contributed by atoms with Crippen LogP contribution in [0.25, 0.3) is 5.57 Å². The van der Waals surface area contributed by atoms with Crippen molar-refractivity contribution in [2.45, 2.75) is 26.4 Å². The molecule has 0 spiro atoms. The molecule has 0 aliphatic carbocycles. The van der Waals surface area contributed by atoms with Crippen LogP contribution in [0.4, 0.5) is 0 Å². The molecule has 1 atom stereocenters. The molecule has 0 radical (unpaired) electrons. The summed E-state index contributed by atoms with van der Waals surface area (Å²) in [6, 6.07) is 8.31. The van der Waals surface area contributed by atoms with Crippen molar-refractivity contribution in [2.24, 2.45) is 5.92 Å². The molecule has 86 valence electrons. The van der Waals surface area contributed by atoms with Gasteiger partial charge in [0, 0.05) is 10.9 Å². The van der Waals surface area contributed by atoms with Gasteiger partial charge in [-0.2, -0.15) is 0 Å². The molecule has 2 rings (SSSR count). The molecule has 1 nitrogen and oxygen atoms in total. The molecule has 0 saturated heterocycles. The highest BCUT2D eigenvalue weighted by molar-refractivity contribution is 9.09. The van der Waals surface area contributed by atoms with Crippen molar-refractivity contribution >= 4 is 21.5 Å². The van der Waals surface area contributed by atoms with E-state index in [1.807, 2.05) is 6.07 Å². The van der Waals surface area contributed by atoms with Crippen LogP contribution in [0.5, 0.6) is 5.75 Å².